The molecule has 1 fully saturated rings. The van der Waals surface area contributed by atoms with Crippen LogP contribution in [0.3, 0.4) is 0 Å². The molecule has 1 aromatic carbocycles. The summed E-state index contributed by atoms with van der Waals surface area (Å²) in [6.07, 6.45) is 6.58. The molecule has 0 unspecified atom stereocenters. The molecule has 0 radical (unpaired) electrons. The minimum Gasteiger partial charge on any atom is -0.352 e. The van der Waals surface area contributed by atoms with E-state index in [4.69, 9.17) is 0 Å². The Morgan fingerprint density at radius 1 is 1.00 bits per heavy atom. The number of aromatic nitrogens is 1. The Labute approximate surface area is 166 Å². The van der Waals surface area contributed by atoms with Crippen LogP contribution >= 0.6 is 0 Å². The monoisotopic (exact) mass is 379 g/mol. The van der Waals surface area contributed by atoms with Gasteiger partial charge in [0.1, 0.15) is 0 Å². The molecule has 2 aliphatic heterocycles. The van der Waals surface area contributed by atoms with E-state index >= 15 is 0 Å². The van der Waals surface area contributed by atoms with Crippen molar-refractivity contribution >= 4 is 5.91 Å². The maximum Gasteiger partial charge on any atom is 0.253 e. The van der Waals surface area contributed by atoms with Crippen molar-refractivity contribution in [3.63, 3.8) is 0 Å². The Balaban J connectivity index is 1.51. The Bertz CT molecular complexity index is 883. The van der Waals surface area contributed by atoms with E-state index in [0.29, 0.717) is 18.7 Å². The summed E-state index contributed by atoms with van der Waals surface area (Å²) in [6.45, 7) is 4.78. The van der Waals surface area contributed by atoms with Crippen LogP contribution in [0.15, 0.2) is 41.2 Å². The van der Waals surface area contributed by atoms with Crippen molar-refractivity contribution in [2.75, 3.05) is 26.2 Å². The topological polar surface area (TPSA) is 54.3 Å². The Hall–Kier alpha value is -2.40. The molecule has 0 spiro atoms. The number of hydrogen-bond donors (Lipinski definition) is 1. The van der Waals surface area contributed by atoms with Crippen LogP contribution in [0.5, 0.6) is 0 Å². The van der Waals surface area contributed by atoms with E-state index in [2.05, 4.69) is 10.2 Å². The van der Waals surface area contributed by atoms with Gasteiger partial charge < -0.3 is 14.8 Å². The maximum atomic E-state index is 13.1. The second kappa shape index (κ2) is 8.74. The number of rotatable bonds is 6. The minimum absolute atomic E-state index is 0.00648. The average Bonchev–Trinajstić information content (AvgIpc) is 3.23. The normalized spacial score (nSPS) is 16.7. The van der Waals surface area contributed by atoms with Crippen molar-refractivity contribution < 1.29 is 4.79 Å². The summed E-state index contributed by atoms with van der Waals surface area (Å²) in [4.78, 5) is 28.2. The van der Waals surface area contributed by atoms with Crippen LogP contribution in [0.1, 0.15) is 48.2 Å². The third-order valence-corrected chi connectivity index (χ3v) is 5.91. The van der Waals surface area contributed by atoms with E-state index in [0.717, 1.165) is 42.6 Å². The second-order valence-corrected chi connectivity index (χ2v) is 7.85. The highest BCUT2D eigenvalue weighted by Crippen LogP contribution is 2.28. The van der Waals surface area contributed by atoms with Gasteiger partial charge >= 0.3 is 0 Å². The number of nitrogens with one attached hydrogen (secondary N) is 1. The zero-order chi connectivity index (χ0) is 19.3. The summed E-state index contributed by atoms with van der Waals surface area (Å²) in [7, 11) is 0. The largest absolute Gasteiger partial charge is 0.352 e. The highest BCUT2D eigenvalue weighted by molar-refractivity contribution is 6.02. The van der Waals surface area contributed by atoms with Gasteiger partial charge in [0.05, 0.1) is 5.56 Å². The highest BCUT2D eigenvalue weighted by Gasteiger charge is 2.24. The quantitative estimate of drug-likeness (QED) is 0.785. The van der Waals surface area contributed by atoms with Crippen molar-refractivity contribution in [3.8, 4) is 11.1 Å². The predicted octanol–water partition coefficient (Wildman–Crippen LogP) is 3.07. The molecular formula is C23H29N3O2. The summed E-state index contributed by atoms with van der Waals surface area (Å²) < 4.78 is 1.77. The van der Waals surface area contributed by atoms with Crippen LogP contribution in [-0.2, 0) is 13.0 Å². The summed E-state index contributed by atoms with van der Waals surface area (Å²) in [6, 6.07) is 11.4. The third kappa shape index (κ3) is 4.04. The molecule has 3 heterocycles. The summed E-state index contributed by atoms with van der Waals surface area (Å²) in [5.74, 6) is -0.0526. The molecule has 2 aliphatic rings. The lowest BCUT2D eigenvalue weighted by Gasteiger charge is -2.26. The molecule has 0 bridgehead atoms. The zero-order valence-corrected chi connectivity index (χ0v) is 16.5. The first-order chi connectivity index (χ1) is 13.7. The molecule has 5 heteroatoms. The summed E-state index contributed by atoms with van der Waals surface area (Å²) >= 11 is 0. The fraction of sp³-hybridized carbons (Fsp3) is 0.478. The van der Waals surface area contributed by atoms with Crippen LogP contribution in [-0.4, -0.2) is 41.6 Å². The van der Waals surface area contributed by atoms with Crippen LogP contribution in [0, 0.1) is 0 Å². The molecule has 148 valence electrons. The lowest BCUT2D eigenvalue weighted by molar-refractivity contribution is 0.0950. The van der Waals surface area contributed by atoms with Gasteiger partial charge in [-0.05, 0) is 57.3 Å². The van der Waals surface area contributed by atoms with Gasteiger partial charge in [0.15, 0.2) is 0 Å². The first kappa shape index (κ1) is 18.9. The predicted molar refractivity (Wildman–Crippen MR) is 112 cm³/mol. The molecule has 28 heavy (non-hydrogen) atoms. The molecule has 0 saturated carbocycles. The van der Waals surface area contributed by atoms with Gasteiger partial charge in [0.2, 0.25) is 0 Å². The lowest BCUT2D eigenvalue weighted by Crippen LogP contribution is -2.34. The van der Waals surface area contributed by atoms with Crippen molar-refractivity contribution in [3.05, 3.63) is 58.0 Å². The zero-order valence-electron chi connectivity index (χ0n) is 16.5. The Morgan fingerprint density at radius 3 is 2.57 bits per heavy atom. The number of fused-ring (bicyclic) bond motifs is 1. The number of amides is 1. The Morgan fingerprint density at radius 2 is 1.79 bits per heavy atom. The highest BCUT2D eigenvalue weighted by atomic mass is 16.2. The third-order valence-electron chi connectivity index (χ3n) is 5.91. The number of likely N-dealkylation sites (tertiary alicyclic amines) is 1. The summed E-state index contributed by atoms with van der Waals surface area (Å²) in [5.41, 5.74) is 3.25. The molecule has 1 amide bonds. The van der Waals surface area contributed by atoms with E-state index in [-0.39, 0.29) is 11.5 Å². The molecule has 1 N–H and O–H groups in total. The molecule has 0 atom stereocenters. The number of piperidine rings is 1. The van der Waals surface area contributed by atoms with Crippen LogP contribution in [0.4, 0.5) is 0 Å². The molecule has 5 nitrogen and oxygen atoms in total. The van der Waals surface area contributed by atoms with Gasteiger partial charge in [-0.3, -0.25) is 9.59 Å². The SMILES string of the molecule is O=C(NCCCN1CCCCC1)c1c(-c2ccccc2)cc(=O)n2c1CCC2. The standard InChI is InChI=1S/C23H29N3O2/c27-21-17-19(18-9-3-1-4-10-18)22(20-11-7-16-26(20)21)23(28)24-12-8-15-25-13-5-2-6-14-25/h1,3-4,9-10,17H,2,5-8,11-16H2,(H,24,28). The van der Waals surface area contributed by atoms with Crippen molar-refractivity contribution in [2.45, 2.75) is 45.1 Å². The van der Waals surface area contributed by atoms with Gasteiger partial charge in [-0.2, -0.15) is 0 Å². The van der Waals surface area contributed by atoms with E-state index in [9.17, 15) is 9.59 Å². The van der Waals surface area contributed by atoms with Crippen molar-refractivity contribution in [1.82, 2.24) is 14.8 Å². The van der Waals surface area contributed by atoms with E-state index in [1.54, 1.807) is 10.6 Å². The van der Waals surface area contributed by atoms with E-state index in [1.807, 2.05) is 30.3 Å². The molecular weight excluding hydrogens is 350 g/mol. The smallest absolute Gasteiger partial charge is 0.253 e. The Kier molecular flexibility index (Phi) is 5.91. The van der Waals surface area contributed by atoms with Crippen molar-refractivity contribution in [1.29, 1.82) is 0 Å². The number of hydrogen-bond acceptors (Lipinski definition) is 3. The first-order valence-electron chi connectivity index (χ1n) is 10.6. The number of nitrogens with zero attached hydrogens (tertiary/aromatic N) is 2. The molecule has 1 saturated heterocycles. The van der Waals surface area contributed by atoms with Gasteiger partial charge in [0.25, 0.3) is 11.5 Å². The van der Waals surface area contributed by atoms with Crippen LogP contribution < -0.4 is 10.9 Å². The van der Waals surface area contributed by atoms with Crippen molar-refractivity contribution in [2.24, 2.45) is 0 Å². The van der Waals surface area contributed by atoms with Crippen LogP contribution in [0.2, 0.25) is 0 Å². The van der Waals surface area contributed by atoms with E-state index in [1.165, 1.54) is 32.4 Å². The number of pyridine rings is 1. The lowest BCUT2D eigenvalue weighted by atomic mass is 9.97. The fourth-order valence-corrected chi connectivity index (χ4v) is 4.48. The number of carbonyl (C=O) groups excluding carboxylic acids is 1. The molecule has 0 aliphatic carbocycles. The molecule has 1 aromatic heterocycles. The first-order valence-corrected chi connectivity index (χ1v) is 10.6. The van der Waals surface area contributed by atoms with Gasteiger partial charge in [0, 0.05) is 30.4 Å². The number of benzene rings is 1. The van der Waals surface area contributed by atoms with Gasteiger partial charge in [-0.25, -0.2) is 0 Å². The van der Waals surface area contributed by atoms with E-state index < -0.39 is 0 Å². The molecule has 2 aromatic rings. The minimum atomic E-state index is -0.0526. The second-order valence-electron chi connectivity index (χ2n) is 7.85. The average molecular weight is 380 g/mol. The fourth-order valence-electron chi connectivity index (χ4n) is 4.48. The molecule has 4 rings (SSSR count). The maximum absolute atomic E-state index is 13.1. The van der Waals surface area contributed by atoms with Gasteiger partial charge in [-0.15, -0.1) is 0 Å². The van der Waals surface area contributed by atoms with Crippen LogP contribution in [0.25, 0.3) is 11.1 Å². The summed E-state index contributed by atoms with van der Waals surface area (Å²) in [5, 5.41) is 3.12. The number of carbonyl (C=O) groups is 1. The van der Waals surface area contributed by atoms with Gasteiger partial charge in [-0.1, -0.05) is 36.8 Å².